The number of aromatic nitrogens is 2. The molecule has 8 heteroatoms. The second kappa shape index (κ2) is 6.71. The summed E-state index contributed by atoms with van der Waals surface area (Å²) in [4.78, 5) is 4.61. The third-order valence-electron chi connectivity index (χ3n) is 3.21. The number of benzene rings is 1. The maximum atomic E-state index is 11.1. The molecule has 1 aromatic carbocycles. The molecule has 0 saturated heterocycles. The molecule has 2 heterocycles. The normalized spacial score (nSPS) is 11.9. The number of thiazole rings is 1. The molecule has 0 amide bonds. The Kier molecular flexibility index (Phi) is 4.67. The number of nitrogens with zero attached hydrogens (tertiary/aromatic N) is 2. The van der Waals surface area contributed by atoms with Crippen molar-refractivity contribution in [3.05, 3.63) is 48.8 Å². The fraction of sp³-hybridized carbons (Fsp3) is 0.200. The zero-order chi connectivity index (χ0) is 16.3. The molecule has 3 aromatic rings. The van der Waals surface area contributed by atoms with Gasteiger partial charge in [0.1, 0.15) is 11.6 Å². The highest BCUT2D eigenvalue weighted by Gasteiger charge is 2.11. The van der Waals surface area contributed by atoms with Crippen LogP contribution < -0.4 is 4.57 Å². The molecule has 0 spiro atoms. The van der Waals surface area contributed by atoms with Gasteiger partial charge in [-0.15, -0.1) is 11.3 Å². The molecule has 0 radical (unpaired) electrons. The summed E-state index contributed by atoms with van der Waals surface area (Å²) in [7, 11) is -2.81. The fourth-order valence-electron chi connectivity index (χ4n) is 2.04. The first-order chi connectivity index (χ1) is 11.1. The van der Waals surface area contributed by atoms with Crippen LogP contribution >= 0.6 is 11.3 Å². The van der Waals surface area contributed by atoms with Crippen molar-refractivity contribution in [3.63, 3.8) is 0 Å². The quantitative estimate of drug-likeness (QED) is 0.637. The monoisotopic (exact) mass is 351 g/mol. The molecular formula is C15H15N2O4S2+. The summed E-state index contributed by atoms with van der Waals surface area (Å²) < 4.78 is 34.0. The molecule has 0 saturated carbocycles. The first-order valence-corrected chi connectivity index (χ1v) is 9.02. The molecule has 120 valence electrons. The summed E-state index contributed by atoms with van der Waals surface area (Å²) in [6.45, 7) is 0.421. The van der Waals surface area contributed by atoms with Gasteiger partial charge in [0.25, 0.3) is 0 Å². The van der Waals surface area contributed by atoms with E-state index in [4.69, 9.17) is 0 Å². The molecule has 0 atom stereocenters. The maximum absolute atomic E-state index is 11.1. The van der Waals surface area contributed by atoms with Gasteiger partial charge in [-0.2, -0.15) is 8.42 Å². The Morgan fingerprint density at radius 3 is 2.61 bits per heavy atom. The Balaban J connectivity index is 1.69. The van der Waals surface area contributed by atoms with Gasteiger partial charge in [0, 0.05) is 17.7 Å². The van der Waals surface area contributed by atoms with Gasteiger partial charge >= 0.3 is 10.4 Å². The van der Waals surface area contributed by atoms with Crippen molar-refractivity contribution in [3.8, 4) is 10.6 Å². The average Bonchev–Trinajstić information content (AvgIpc) is 2.99. The van der Waals surface area contributed by atoms with Crippen LogP contribution in [0.1, 0.15) is 0 Å². The largest absolute Gasteiger partial charge is 0.399 e. The number of rotatable bonds is 6. The molecule has 0 aliphatic rings. The number of fused-ring (bicyclic) bond motifs is 1. The van der Waals surface area contributed by atoms with E-state index in [1.807, 2.05) is 53.4 Å². The first-order valence-electron chi connectivity index (χ1n) is 6.87. The lowest BCUT2D eigenvalue weighted by Gasteiger charge is -2.01. The van der Waals surface area contributed by atoms with Crippen LogP contribution in [0.4, 0.5) is 0 Å². The molecule has 23 heavy (non-hydrogen) atoms. The van der Waals surface area contributed by atoms with Gasteiger partial charge in [0.2, 0.25) is 0 Å². The van der Waals surface area contributed by atoms with Gasteiger partial charge < -0.3 is 0 Å². The van der Waals surface area contributed by atoms with Crippen molar-refractivity contribution in [2.75, 3.05) is 13.7 Å². The SMILES string of the molecule is COS(=O)(=O)OCC[n+]1ccc(-c2nc3ccccc3s2)cc1. The van der Waals surface area contributed by atoms with Crippen molar-refractivity contribution >= 4 is 32.0 Å². The minimum absolute atomic E-state index is 0.0152. The third kappa shape index (κ3) is 3.91. The lowest BCUT2D eigenvalue weighted by Crippen LogP contribution is -2.35. The summed E-state index contributed by atoms with van der Waals surface area (Å²) in [6, 6.07) is 11.9. The Morgan fingerprint density at radius 1 is 1.17 bits per heavy atom. The molecule has 0 unspecified atom stereocenters. The Hall–Kier alpha value is -1.87. The van der Waals surface area contributed by atoms with Gasteiger partial charge in [-0.05, 0) is 12.1 Å². The number of hydrogen-bond acceptors (Lipinski definition) is 6. The van der Waals surface area contributed by atoms with E-state index in [2.05, 4.69) is 13.4 Å². The van der Waals surface area contributed by atoms with Crippen molar-refractivity contribution in [2.24, 2.45) is 0 Å². The van der Waals surface area contributed by atoms with E-state index < -0.39 is 10.4 Å². The summed E-state index contributed by atoms with van der Waals surface area (Å²) >= 11 is 1.64. The molecule has 3 rings (SSSR count). The molecular weight excluding hydrogens is 336 g/mol. The van der Waals surface area contributed by atoms with Crippen molar-refractivity contribution in [1.82, 2.24) is 4.98 Å². The third-order valence-corrected chi connectivity index (χ3v) is 5.16. The standard InChI is InChI=1S/C15H15N2O4S2/c1-20-23(18,19)21-11-10-17-8-6-12(7-9-17)15-16-13-4-2-3-5-14(13)22-15/h2-9H,10-11H2,1H3/q+1. The van der Waals surface area contributed by atoms with Crippen molar-refractivity contribution in [1.29, 1.82) is 0 Å². The number of pyridine rings is 1. The van der Waals surface area contributed by atoms with E-state index in [0.717, 1.165) is 27.9 Å². The minimum atomic E-state index is -3.88. The second-order valence-corrected chi connectivity index (χ2v) is 7.12. The Labute approximate surface area is 138 Å². The van der Waals surface area contributed by atoms with Gasteiger partial charge in [0.15, 0.2) is 18.9 Å². The molecule has 0 fully saturated rings. The first kappa shape index (κ1) is 16.0. The highest BCUT2D eigenvalue weighted by Crippen LogP contribution is 2.29. The average molecular weight is 351 g/mol. The summed E-state index contributed by atoms with van der Waals surface area (Å²) in [5.74, 6) is 0. The molecule has 0 aliphatic carbocycles. The van der Waals surface area contributed by atoms with Gasteiger partial charge in [-0.3, -0.25) is 4.18 Å². The lowest BCUT2D eigenvalue weighted by atomic mass is 10.3. The van der Waals surface area contributed by atoms with Crippen LogP contribution in [0.25, 0.3) is 20.8 Å². The van der Waals surface area contributed by atoms with Crippen LogP contribution in [0.5, 0.6) is 0 Å². The van der Waals surface area contributed by atoms with Crippen LogP contribution in [-0.4, -0.2) is 27.1 Å². The molecule has 6 nitrogen and oxygen atoms in total. The van der Waals surface area contributed by atoms with Crippen LogP contribution in [0.15, 0.2) is 48.8 Å². The van der Waals surface area contributed by atoms with E-state index >= 15 is 0 Å². The predicted octanol–water partition coefficient (Wildman–Crippen LogP) is 2.16. The zero-order valence-corrected chi connectivity index (χ0v) is 14.0. The highest BCUT2D eigenvalue weighted by atomic mass is 32.3. The Bertz CT molecular complexity index is 872. The molecule has 0 aliphatic heterocycles. The Morgan fingerprint density at radius 2 is 1.91 bits per heavy atom. The summed E-state index contributed by atoms with van der Waals surface area (Å²) in [5, 5.41) is 0.955. The minimum Gasteiger partial charge on any atom is -0.252 e. The molecule has 0 N–H and O–H groups in total. The van der Waals surface area contributed by atoms with Crippen LogP contribution in [0.3, 0.4) is 0 Å². The zero-order valence-electron chi connectivity index (χ0n) is 12.4. The van der Waals surface area contributed by atoms with E-state index in [0.29, 0.717) is 6.54 Å². The molecule has 0 bridgehead atoms. The highest BCUT2D eigenvalue weighted by molar-refractivity contribution is 7.81. The van der Waals surface area contributed by atoms with Crippen LogP contribution in [0.2, 0.25) is 0 Å². The van der Waals surface area contributed by atoms with Crippen LogP contribution in [0, 0.1) is 0 Å². The van der Waals surface area contributed by atoms with Crippen molar-refractivity contribution in [2.45, 2.75) is 6.54 Å². The predicted molar refractivity (Wildman–Crippen MR) is 87.1 cm³/mol. The second-order valence-electron chi connectivity index (χ2n) is 4.71. The van der Waals surface area contributed by atoms with Crippen LogP contribution in [-0.2, 0) is 25.3 Å². The summed E-state index contributed by atoms with van der Waals surface area (Å²) in [5.41, 5.74) is 2.01. The van der Waals surface area contributed by atoms with Gasteiger partial charge in [0.05, 0.1) is 17.3 Å². The van der Waals surface area contributed by atoms with E-state index in [9.17, 15) is 8.42 Å². The number of para-hydroxylation sites is 1. The smallest absolute Gasteiger partial charge is 0.252 e. The van der Waals surface area contributed by atoms with Crippen molar-refractivity contribution < 1.29 is 21.4 Å². The maximum Gasteiger partial charge on any atom is 0.399 e. The fourth-order valence-corrected chi connectivity index (χ4v) is 3.38. The number of hydrogen-bond donors (Lipinski definition) is 0. The summed E-state index contributed by atoms with van der Waals surface area (Å²) in [6.07, 6.45) is 3.73. The van der Waals surface area contributed by atoms with E-state index in [1.165, 1.54) is 0 Å². The topological polar surface area (TPSA) is 69.4 Å². The van der Waals surface area contributed by atoms with E-state index in [-0.39, 0.29) is 6.61 Å². The lowest BCUT2D eigenvalue weighted by molar-refractivity contribution is -0.697. The molecule has 2 aromatic heterocycles. The van der Waals surface area contributed by atoms with Gasteiger partial charge in [-0.1, -0.05) is 12.1 Å². The van der Waals surface area contributed by atoms with Gasteiger partial charge in [-0.25, -0.2) is 13.7 Å². The van der Waals surface area contributed by atoms with E-state index in [1.54, 1.807) is 11.3 Å².